The Labute approximate surface area is 114 Å². The van der Waals surface area contributed by atoms with E-state index in [1.165, 1.54) is 0 Å². The summed E-state index contributed by atoms with van der Waals surface area (Å²) in [4.78, 5) is 14.1. The van der Waals surface area contributed by atoms with E-state index in [4.69, 9.17) is 4.74 Å². The first-order chi connectivity index (χ1) is 8.96. The van der Waals surface area contributed by atoms with Crippen molar-refractivity contribution < 1.29 is 14.6 Å². The molecule has 0 radical (unpaired) electrons. The van der Waals surface area contributed by atoms with Crippen LogP contribution in [0.15, 0.2) is 12.1 Å². The summed E-state index contributed by atoms with van der Waals surface area (Å²) in [7, 11) is 3.41. The monoisotopic (exact) mass is 263 g/mol. The second-order valence-electron chi connectivity index (χ2n) is 5.34. The predicted molar refractivity (Wildman–Crippen MR) is 74.6 cm³/mol. The van der Waals surface area contributed by atoms with Crippen molar-refractivity contribution in [1.29, 1.82) is 0 Å². The number of nitrogens with zero attached hydrogens (tertiary/aromatic N) is 1. The van der Waals surface area contributed by atoms with Gasteiger partial charge in [-0.1, -0.05) is 0 Å². The van der Waals surface area contributed by atoms with Crippen molar-refractivity contribution in [2.24, 2.45) is 5.41 Å². The molecular formula is C15H21NO3. The lowest BCUT2D eigenvalue weighted by molar-refractivity contribution is -0.124. The van der Waals surface area contributed by atoms with Crippen LogP contribution in [0, 0.1) is 19.3 Å². The summed E-state index contributed by atoms with van der Waals surface area (Å²) >= 11 is 0. The van der Waals surface area contributed by atoms with Crippen LogP contribution in [-0.2, 0) is 4.79 Å². The third kappa shape index (κ3) is 2.21. The van der Waals surface area contributed by atoms with Crippen LogP contribution in [0.5, 0.6) is 5.75 Å². The Morgan fingerprint density at radius 1 is 1.37 bits per heavy atom. The zero-order chi connectivity index (χ0) is 14.2. The van der Waals surface area contributed by atoms with E-state index in [1.54, 1.807) is 19.1 Å². The van der Waals surface area contributed by atoms with Gasteiger partial charge in [-0.3, -0.25) is 4.79 Å². The van der Waals surface area contributed by atoms with E-state index in [0.29, 0.717) is 0 Å². The van der Waals surface area contributed by atoms with Crippen LogP contribution in [0.1, 0.15) is 24.0 Å². The molecule has 0 atom stereocenters. The zero-order valence-electron chi connectivity index (χ0n) is 12.0. The number of amides is 1. The van der Waals surface area contributed by atoms with E-state index in [1.807, 2.05) is 26.0 Å². The fourth-order valence-electron chi connectivity index (χ4n) is 2.42. The quantitative estimate of drug-likeness (QED) is 0.904. The van der Waals surface area contributed by atoms with Gasteiger partial charge in [0.2, 0.25) is 5.91 Å². The van der Waals surface area contributed by atoms with Crippen LogP contribution in [0.25, 0.3) is 0 Å². The molecule has 1 aliphatic rings. The number of anilines is 1. The lowest BCUT2D eigenvalue weighted by Crippen LogP contribution is -2.36. The van der Waals surface area contributed by atoms with Gasteiger partial charge < -0.3 is 14.7 Å². The van der Waals surface area contributed by atoms with Gasteiger partial charge in [-0.2, -0.15) is 0 Å². The van der Waals surface area contributed by atoms with Crippen molar-refractivity contribution >= 4 is 11.6 Å². The molecule has 0 bridgehead atoms. The van der Waals surface area contributed by atoms with E-state index in [2.05, 4.69) is 0 Å². The maximum atomic E-state index is 12.4. The van der Waals surface area contributed by atoms with Crippen molar-refractivity contribution in [2.75, 3.05) is 25.7 Å². The lowest BCUT2D eigenvalue weighted by atomic mass is 10.0. The van der Waals surface area contributed by atoms with Gasteiger partial charge >= 0.3 is 0 Å². The van der Waals surface area contributed by atoms with Gasteiger partial charge in [0.15, 0.2) is 0 Å². The number of hydrogen-bond acceptors (Lipinski definition) is 3. The first-order valence-corrected chi connectivity index (χ1v) is 6.50. The van der Waals surface area contributed by atoms with Crippen LogP contribution < -0.4 is 9.64 Å². The minimum Gasteiger partial charge on any atom is -0.496 e. The van der Waals surface area contributed by atoms with Crippen LogP contribution in [0.4, 0.5) is 5.69 Å². The van der Waals surface area contributed by atoms with Gasteiger partial charge in [-0.25, -0.2) is 0 Å². The van der Waals surface area contributed by atoms with Gasteiger partial charge in [-0.05, 0) is 49.9 Å². The minimum absolute atomic E-state index is 0.00247. The number of carbonyl (C=O) groups excluding carboxylic acids is 1. The number of aliphatic hydroxyl groups is 1. The molecule has 1 aliphatic carbocycles. The van der Waals surface area contributed by atoms with E-state index < -0.39 is 5.41 Å². The molecule has 1 aromatic rings. The van der Waals surface area contributed by atoms with Gasteiger partial charge in [0.25, 0.3) is 0 Å². The molecule has 2 rings (SSSR count). The lowest BCUT2D eigenvalue weighted by Gasteiger charge is -2.25. The number of benzene rings is 1. The summed E-state index contributed by atoms with van der Waals surface area (Å²) in [6, 6.07) is 3.77. The van der Waals surface area contributed by atoms with Gasteiger partial charge in [0, 0.05) is 12.7 Å². The molecule has 0 saturated heterocycles. The molecule has 4 heteroatoms. The largest absolute Gasteiger partial charge is 0.496 e. The average molecular weight is 263 g/mol. The standard InChI is InChI=1S/C15H21NO3/c1-10-11(2)13(19-4)6-5-12(10)16(3)14(18)15(9-17)7-8-15/h5-6,17H,7-9H2,1-4H3. The average Bonchev–Trinajstić information content (AvgIpc) is 3.21. The summed E-state index contributed by atoms with van der Waals surface area (Å²) < 4.78 is 5.28. The van der Waals surface area contributed by atoms with Crippen LogP contribution in [-0.4, -0.2) is 31.8 Å². The van der Waals surface area contributed by atoms with Gasteiger partial charge in [-0.15, -0.1) is 0 Å². The number of rotatable bonds is 4. The Morgan fingerprint density at radius 3 is 2.47 bits per heavy atom. The number of carbonyl (C=O) groups is 1. The van der Waals surface area contributed by atoms with Gasteiger partial charge in [0.1, 0.15) is 5.75 Å². The van der Waals surface area contributed by atoms with E-state index >= 15 is 0 Å². The highest BCUT2D eigenvalue weighted by atomic mass is 16.5. The molecule has 1 fully saturated rings. The molecule has 0 aromatic heterocycles. The zero-order valence-corrected chi connectivity index (χ0v) is 12.0. The molecular weight excluding hydrogens is 242 g/mol. The summed E-state index contributed by atoms with van der Waals surface area (Å²) in [6.07, 6.45) is 1.56. The van der Waals surface area contributed by atoms with Crippen molar-refractivity contribution in [3.63, 3.8) is 0 Å². The van der Waals surface area contributed by atoms with Crippen LogP contribution >= 0.6 is 0 Å². The summed E-state index contributed by atoms with van der Waals surface area (Å²) in [5.41, 5.74) is 2.41. The Bertz CT molecular complexity index is 506. The molecule has 0 aliphatic heterocycles. The van der Waals surface area contributed by atoms with Crippen LogP contribution in [0.3, 0.4) is 0 Å². The topological polar surface area (TPSA) is 49.8 Å². The van der Waals surface area contributed by atoms with Crippen molar-refractivity contribution in [2.45, 2.75) is 26.7 Å². The van der Waals surface area contributed by atoms with Crippen molar-refractivity contribution in [1.82, 2.24) is 0 Å². The third-order valence-corrected chi connectivity index (χ3v) is 4.20. The maximum Gasteiger partial charge on any atom is 0.235 e. The summed E-state index contributed by atoms with van der Waals surface area (Å²) in [5.74, 6) is 0.827. The van der Waals surface area contributed by atoms with E-state index in [9.17, 15) is 9.90 Å². The highest BCUT2D eigenvalue weighted by Crippen LogP contribution is 2.47. The smallest absolute Gasteiger partial charge is 0.235 e. The third-order valence-electron chi connectivity index (χ3n) is 4.20. The highest BCUT2D eigenvalue weighted by molar-refractivity contribution is 5.99. The molecule has 104 valence electrons. The molecule has 1 aromatic carbocycles. The van der Waals surface area contributed by atoms with E-state index in [-0.39, 0.29) is 12.5 Å². The molecule has 4 nitrogen and oxygen atoms in total. The van der Waals surface area contributed by atoms with Crippen molar-refractivity contribution in [3.05, 3.63) is 23.3 Å². The fourth-order valence-corrected chi connectivity index (χ4v) is 2.42. The fraction of sp³-hybridized carbons (Fsp3) is 0.533. The molecule has 0 spiro atoms. The molecule has 1 saturated carbocycles. The summed E-state index contributed by atoms with van der Waals surface area (Å²) in [6.45, 7) is 3.90. The van der Waals surface area contributed by atoms with Crippen molar-refractivity contribution in [3.8, 4) is 5.75 Å². The Kier molecular flexibility index (Phi) is 3.54. The second kappa shape index (κ2) is 4.85. The van der Waals surface area contributed by atoms with Crippen LogP contribution in [0.2, 0.25) is 0 Å². The number of ether oxygens (including phenoxy) is 1. The van der Waals surface area contributed by atoms with E-state index in [0.717, 1.165) is 35.4 Å². The van der Waals surface area contributed by atoms with Gasteiger partial charge in [0.05, 0.1) is 19.1 Å². The molecule has 0 unspecified atom stereocenters. The number of hydrogen-bond donors (Lipinski definition) is 1. The predicted octanol–water partition coefficient (Wildman–Crippen LogP) is 2.05. The first-order valence-electron chi connectivity index (χ1n) is 6.50. The Balaban J connectivity index is 2.32. The Morgan fingerprint density at radius 2 is 2.00 bits per heavy atom. The minimum atomic E-state index is -0.533. The second-order valence-corrected chi connectivity index (χ2v) is 5.34. The Hall–Kier alpha value is -1.55. The SMILES string of the molecule is COc1ccc(N(C)C(=O)C2(CO)CC2)c(C)c1C. The first kappa shape index (κ1) is 13.9. The number of methoxy groups -OCH3 is 1. The summed E-state index contributed by atoms with van der Waals surface area (Å²) in [5, 5.41) is 9.36. The molecule has 1 N–H and O–H groups in total. The molecule has 19 heavy (non-hydrogen) atoms. The maximum absolute atomic E-state index is 12.4. The highest BCUT2D eigenvalue weighted by Gasteiger charge is 2.51. The normalized spacial score (nSPS) is 16.1. The number of aliphatic hydroxyl groups excluding tert-OH is 1. The molecule has 1 amide bonds. The molecule has 0 heterocycles.